The zero-order valence-electron chi connectivity index (χ0n) is 9.49. The lowest BCUT2D eigenvalue weighted by Gasteiger charge is -2.12. The highest BCUT2D eigenvalue weighted by molar-refractivity contribution is 9.10. The van der Waals surface area contributed by atoms with E-state index in [1.807, 2.05) is 6.07 Å². The number of hydrogen-bond donors (Lipinski definition) is 1. The molecule has 2 nitrogen and oxygen atoms in total. The first-order valence-corrected chi connectivity index (χ1v) is 7.15. The Balaban J connectivity index is 2.45. The fraction of sp³-hybridized carbons (Fsp3) is 0. The minimum atomic E-state index is 0.234. The van der Waals surface area contributed by atoms with Crippen LogP contribution in [0.25, 0.3) is 0 Å². The van der Waals surface area contributed by atoms with Crippen LogP contribution in [-0.2, 0) is 0 Å². The number of hydrogen-bond acceptors (Lipinski definition) is 2. The van der Waals surface area contributed by atoms with E-state index in [0.29, 0.717) is 27.1 Å². The predicted molar refractivity (Wildman–Crippen MR) is 86.6 cm³/mol. The van der Waals surface area contributed by atoms with Crippen LogP contribution in [-0.4, -0.2) is 4.99 Å². The lowest BCUT2D eigenvalue weighted by molar-refractivity contribution is 0.481. The second-order valence-electron chi connectivity index (χ2n) is 3.68. The second kappa shape index (κ2) is 6.09. The summed E-state index contributed by atoms with van der Waals surface area (Å²) in [6.45, 7) is 0. The van der Waals surface area contributed by atoms with E-state index in [-0.39, 0.29) is 4.99 Å². The average molecular weight is 377 g/mol. The van der Waals surface area contributed by atoms with Gasteiger partial charge in [-0.05, 0) is 30.3 Å². The van der Waals surface area contributed by atoms with Gasteiger partial charge in [-0.25, -0.2) is 0 Å². The molecule has 2 N–H and O–H groups in total. The normalized spacial score (nSPS) is 10.3. The minimum Gasteiger partial charge on any atom is -0.455 e. The molecule has 0 aromatic heterocycles. The van der Waals surface area contributed by atoms with Gasteiger partial charge in [-0.3, -0.25) is 0 Å². The summed E-state index contributed by atoms with van der Waals surface area (Å²) in [5.41, 5.74) is 6.26. The van der Waals surface area contributed by atoms with Gasteiger partial charge < -0.3 is 10.5 Å². The van der Waals surface area contributed by atoms with Crippen LogP contribution in [0.3, 0.4) is 0 Å². The molecule has 2 aromatic rings. The van der Waals surface area contributed by atoms with Gasteiger partial charge in [0.15, 0.2) is 0 Å². The smallest absolute Gasteiger partial charge is 0.147 e. The molecule has 0 aliphatic rings. The lowest BCUT2D eigenvalue weighted by Crippen LogP contribution is -2.10. The van der Waals surface area contributed by atoms with E-state index in [2.05, 4.69) is 15.9 Å². The number of rotatable bonds is 3. The molecule has 0 saturated heterocycles. The molecule has 2 aromatic carbocycles. The molecule has 0 amide bonds. The van der Waals surface area contributed by atoms with Gasteiger partial charge in [0, 0.05) is 15.6 Å². The van der Waals surface area contributed by atoms with Crippen molar-refractivity contribution in [2.75, 3.05) is 0 Å². The molecular formula is C13H8BrCl2NOS. The van der Waals surface area contributed by atoms with Gasteiger partial charge in [0.25, 0.3) is 0 Å². The van der Waals surface area contributed by atoms with Crippen molar-refractivity contribution in [3.05, 3.63) is 56.5 Å². The summed E-state index contributed by atoms with van der Waals surface area (Å²) >= 11 is 20.4. The van der Waals surface area contributed by atoms with E-state index < -0.39 is 0 Å². The molecule has 0 radical (unpaired) electrons. The molecule has 0 atom stereocenters. The summed E-state index contributed by atoms with van der Waals surface area (Å²) in [6.07, 6.45) is 0. The van der Waals surface area contributed by atoms with Crippen LogP contribution < -0.4 is 10.5 Å². The predicted octanol–water partition coefficient (Wildman–Crippen LogP) is 5.18. The Kier molecular flexibility index (Phi) is 4.68. The molecule has 0 aliphatic carbocycles. The van der Waals surface area contributed by atoms with Gasteiger partial charge in [0.05, 0.1) is 10.6 Å². The van der Waals surface area contributed by atoms with Crippen molar-refractivity contribution in [1.29, 1.82) is 0 Å². The van der Waals surface area contributed by atoms with Gasteiger partial charge in [0.2, 0.25) is 0 Å². The summed E-state index contributed by atoms with van der Waals surface area (Å²) in [7, 11) is 0. The van der Waals surface area contributed by atoms with Crippen molar-refractivity contribution in [3.63, 3.8) is 0 Å². The Bertz CT molecular complexity index is 649. The first kappa shape index (κ1) is 14.6. The van der Waals surface area contributed by atoms with Crippen molar-refractivity contribution in [2.45, 2.75) is 0 Å². The van der Waals surface area contributed by atoms with Crippen LogP contribution in [0.5, 0.6) is 11.5 Å². The molecule has 2 rings (SSSR count). The van der Waals surface area contributed by atoms with Gasteiger partial charge in [0.1, 0.15) is 16.5 Å². The van der Waals surface area contributed by atoms with Gasteiger partial charge in [-0.15, -0.1) is 0 Å². The Morgan fingerprint density at radius 3 is 2.53 bits per heavy atom. The second-order valence-corrected chi connectivity index (χ2v) is 5.88. The number of thiocarbonyl (C=S) groups is 1. The zero-order chi connectivity index (χ0) is 14.0. The standard InChI is InChI=1S/C13H8BrCl2NOS/c14-7-1-4-10(16)12(5-7)18-11-6-8(15)2-3-9(11)13(17)19/h1-6H,(H2,17,19). The van der Waals surface area contributed by atoms with E-state index >= 15 is 0 Å². The van der Waals surface area contributed by atoms with Crippen molar-refractivity contribution in [1.82, 2.24) is 0 Å². The van der Waals surface area contributed by atoms with Crippen LogP contribution in [0, 0.1) is 0 Å². The molecule has 0 spiro atoms. The maximum Gasteiger partial charge on any atom is 0.147 e. The van der Waals surface area contributed by atoms with E-state index in [4.69, 9.17) is 45.9 Å². The molecule has 0 fully saturated rings. The number of benzene rings is 2. The Labute approximate surface area is 134 Å². The maximum atomic E-state index is 6.07. The summed E-state index contributed by atoms with van der Waals surface area (Å²) < 4.78 is 6.60. The Hall–Kier alpha value is -0.810. The molecule has 0 unspecified atom stereocenters. The average Bonchev–Trinajstić information content (AvgIpc) is 2.33. The van der Waals surface area contributed by atoms with Gasteiger partial charge in [-0.2, -0.15) is 0 Å². The third-order valence-corrected chi connectivity index (χ3v) is 3.58. The molecular weight excluding hydrogens is 369 g/mol. The highest BCUT2D eigenvalue weighted by Gasteiger charge is 2.11. The quantitative estimate of drug-likeness (QED) is 0.749. The molecule has 0 aliphatic heterocycles. The molecule has 0 bridgehead atoms. The first-order valence-electron chi connectivity index (χ1n) is 5.19. The van der Waals surface area contributed by atoms with Gasteiger partial charge in [-0.1, -0.05) is 51.3 Å². The largest absolute Gasteiger partial charge is 0.455 e. The fourth-order valence-corrected chi connectivity index (χ4v) is 2.28. The van der Waals surface area contributed by atoms with Crippen LogP contribution in [0.4, 0.5) is 0 Å². The maximum absolute atomic E-state index is 6.07. The van der Waals surface area contributed by atoms with Crippen LogP contribution >= 0.6 is 51.3 Å². The SMILES string of the molecule is NC(=S)c1ccc(Cl)cc1Oc1cc(Br)ccc1Cl. The van der Waals surface area contributed by atoms with Crippen molar-refractivity contribution in [2.24, 2.45) is 5.73 Å². The minimum absolute atomic E-state index is 0.234. The Morgan fingerprint density at radius 2 is 1.84 bits per heavy atom. The topological polar surface area (TPSA) is 35.2 Å². The summed E-state index contributed by atoms with van der Waals surface area (Å²) in [6, 6.07) is 10.4. The summed E-state index contributed by atoms with van der Waals surface area (Å²) in [5, 5.41) is 1.01. The molecule has 0 heterocycles. The van der Waals surface area contributed by atoms with Gasteiger partial charge >= 0.3 is 0 Å². The third-order valence-electron chi connectivity index (χ3n) is 2.32. The van der Waals surface area contributed by atoms with Crippen molar-refractivity contribution in [3.8, 4) is 11.5 Å². The van der Waals surface area contributed by atoms with E-state index in [9.17, 15) is 0 Å². The van der Waals surface area contributed by atoms with Crippen molar-refractivity contribution < 1.29 is 4.74 Å². The van der Waals surface area contributed by atoms with Crippen LogP contribution in [0.15, 0.2) is 40.9 Å². The van der Waals surface area contributed by atoms with E-state index in [1.54, 1.807) is 30.3 Å². The van der Waals surface area contributed by atoms with Crippen molar-refractivity contribution >= 4 is 56.3 Å². The van der Waals surface area contributed by atoms with Crippen LogP contribution in [0.2, 0.25) is 10.0 Å². The third kappa shape index (κ3) is 3.60. The highest BCUT2D eigenvalue weighted by Crippen LogP contribution is 2.34. The molecule has 0 saturated carbocycles. The van der Waals surface area contributed by atoms with E-state index in [0.717, 1.165) is 4.47 Å². The number of halogens is 3. The fourth-order valence-electron chi connectivity index (χ4n) is 1.46. The molecule has 19 heavy (non-hydrogen) atoms. The van der Waals surface area contributed by atoms with Crippen LogP contribution in [0.1, 0.15) is 5.56 Å². The summed E-state index contributed by atoms with van der Waals surface area (Å²) in [5.74, 6) is 0.968. The first-order chi connectivity index (χ1) is 8.97. The summed E-state index contributed by atoms with van der Waals surface area (Å²) in [4.78, 5) is 0.234. The van der Waals surface area contributed by atoms with E-state index in [1.165, 1.54) is 0 Å². The molecule has 98 valence electrons. The number of nitrogens with two attached hydrogens (primary N) is 1. The number of ether oxygens (including phenoxy) is 1. The zero-order valence-corrected chi connectivity index (χ0v) is 13.4. The highest BCUT2D eigenvalue weighted by atomic mass is 79.9. The lowest BCUT2D eigenvalue weighted by atomic mass is 10.2. The monoisotopic (exact) mass is 375 g/mol. The Morgan fingerprint density at radius 1 is 1.11 bits per heavy atom. The molecule has 6 heteroatoms.